The molecule has 1 heterocycles. The first-order valence-electron chi connectivity index (χ1n) is 11.8. The van der Waals surface area contributed by atoms with Gasteiger partial charge in [0.15, 0.2) is 11.6 Å². The van der Waals surface area contributed by atoms with Crippen LogP contribution in [0.15, 0.2) is 30.3 Å². The predicted molar refractivity (Wildman–Crippen MR) is 139 cm³/mol. The number of nitrogen functional groups attached to an aromatic ring is 1. The number of benzene rings is 1. The molecule has 0 aliphatic heterocycles. The minimum atomic E-state index is -5.08. The topological polar surface area (TPSA) is 217 Å². The van der Waals surface area contributed by atoms with Crippen LogP contribution in [-0.4, -0.2) is 63.2 Å². The lowest BCUT2D eigenvalue weighted by molar-refractivity contribution is -0.192. The molecule has 0 fully saturated rings. The van der Waals surface area contributed by atoms with Crippen LogP contribution in [0.2, 0.25) is 0 Å². The summed E-state index contributed by atoms with van der Waals surface area (Å²) in [6.07, 6.45) is -5.26. The van der Waals surface area contributed by atoms with E-state index in [0.29, 0.717) is 11.3 Å². The van der Waals surface area contributed by atoms with E-state index in [1.807, 2.05) is 13.8 Å². The van der Waals surface area contributed by atoms with Gasteiger partial charge in [-0.05, 0) is 49.1 Å². The van der Waals surface area contributed by atoms with Gasteiger partial charge in [0, 0.05) is 16.4 Å². The Labute approximate surface area is 239 Å². The highest BCUT2D eigenvalue weighted by Crippen LogP contribution is 2.26. The minimum Gasteiger partial charge on any atom is -0.481 e. The van der Waals surface area contributed by atoms with Gasteiger partial charge in [-0.25, -0.2) is 18.8 Å². The fourth-order valence-electron chi connectivity index (χ4n) is 3.26. The first-order valence-corrected chi connectivity index (χ1v) is 12.6. The zero-order chi connectivity index (χ0) is 32.4. The number of nitrogens with one attached hydrogen (secondary N) is 2. The largest absolute Gasteiger partial charge is 0.490 e. The Bertz CT molecular complexity index is 1330. The summed E-state index contributed by atoms with van der Waals surface area (Å²) < 4.78 is 51.0. The number of rotatable bonds is 12. The summed E-state index contributed by atoms with van der Waals surface area (Å²) in [7, 11) is 0. The fraction of sp³-hybridized carbons (Fsp3) is 0.360. The molecule has 7 N–H and O–H groups in total. The van der Waals surface area contributed by atoms with Crippen molar-refractivity contribution in [2.45, 2.75) is 45.3 Å². The monoisotopic (exact) mass is 621 g/mol. The summed E-state index contributed by atoms with van der Waals surface area (Å²) in [6.45, 7) is 3.77. The highest BCUT2D eigenvalue weighted by Gasteiger charge is 2.38. The van der Waals surface area contributed by atoms with Crippen molar-refractivity contribution in [3.05, 3.63) is 51.5 Å². The molecule has 0 bridgehead atoms. The van der Waals surface area contributed by atoms with Gasteiger partial charge in [0.05, 0.1) is 6.42 Å². The van der Waals surface area contributed by atoms with Crippen molar-refractivity contribution in [1.29, 1.82) is 5.41 Å². The molecule has 1 aromatic heterocycles. The highest BCUT2D eigenvalue weighted by molar-refractivity contribution is 7.13. The number of amides is 1. The number of ether oxygens (including phenoxy) is 1. The predicted octanol–water partition coefficient (Wildman–Crippen LogP) is 3.27. The summed E-state index contributed by atoms with van der Waals surface area (Å²) in [5.74, 6) is -9.07. The van der Waals surface area contributed by atoms with Gasteiger partial charge < -0.3 is 31.1 Å². The van der Waals surface area contributed by atoms with Crippen LogP contribution < -0.4 is 15.8 Å². The number of carboxylic acids is 3. The van der Waals surface area contributed by atoms with Crippen molar-refractivity contribution < 1.29 is 61.6 Å². The molecule has 2 atom stereocenters. The van der Waals surface area contributed by atoms with Gasteiger partial charge in [-0.1, -0.05) is 13.8 Å². The minimum absolute atomic E-state index is 0.0823. The van der Waals surface area contributed by atoms with E-state index in [2.05, 4.69) is 5.32 Å². The van der Waals surface area contributed by atoms with E-state index in [1.165, 1.54) is 18.2 Å². The SMILES string of the molecule is CC(C)C[C@@H](Cc1ccc(C(=O)Oc2ccc(C(=N)N)cc2F)s1)C(=O)N[C@@H](CC(=O)O)C(=O)O.O=C(O)C(F)(F)F. The normalized spacial score (nSPS) is 12.4. The average Bonchev–Trinajstić information content (AvgIpc) is 3.32. The second-order valence-electron chi connectivity index (χ2n) is 9.05. The van der Waals surface area contributed by atoms with Crippen LogP contribution in [0.3, 0.4) is 0 Å². The summed E-state index contributed by atoms with van der Waals surface area (Å²) in [5.41, 5.74) is 5.45. The van der Waals surface area contributed by atoms with Gasteiger partial charge >= 0.3 is 30.1 Å². The lowest BCUT2D eigenvalue weighted by atomic mass is 9.92. The molecule has 230 valence electrons. The van der Waals surface area contributed by atoms with Crippen LogP contribution in [0, 0.1) is 23.1 Å². The van der Waals surface area contributed by atoms with Gasteiger partial charge in [-0.2, -0.15) is 13.2 Å². The second kappa shape index (κ2) is 15.5. The second-order valence-corrected chi connectivity index (χ2v) is 10.2. The van der Waals surface area contributed by atoms with Crippen molar-refractivity contribution >= 4 is 47.0 Å². The van der Waals surface area contributed by atoms with E-state index in [9.17, 15) is 41.8 Å². The summed E-state index contributed by atoms with van der Waals surface area (Å²) in [5, 5.41) is 34.8. The van der Waals surface area contributed by atoms with Gasteiger partial charge in [-0.15, -0.1) is 11.3 Å². The van der Waals surface area contributed by atoms with Crippen LogP contribution >= 0.6 is 11.3 Å². The van der Waals surface area contributed by atoms with E-state index < -0.39 is 60.2 Å². The number of thiophene rings is 1. The maximum absolute atomic E-state index is 14.2. The molecule has 2 aromatic rings. The highest BCUT2D eigenvalue weighted by atomic mass is 32.1. The number of halogens is 4. The van der Waals surface area contributed by atoms with Crippen molar-refractivity contribution in [2.75, 3.05) is 0 Å². The first-order chi connectivity index (χ1) is 19.3. The van der Waals surface area contributed by atoms with Crippen molar-refractivity contribution in [2.24, 2.45) is 17.6 Å². The van der Waals surface area contributed by atoms with Crippen LogP contribution in [0.25, 0.3) is 0 Å². The lowest BCUT2D eigenvalue weighted by Gasteiger charge is -2.20. The Morgan fingerprint density at radius 1 is 1.07 bits per heavy atom. The smallest absolute Gasteiger partial charge is 0.481 e. The molecule has 0 radical (unpaired) electrons. The number of carbonyl (C=O) groups is 5. The lowest BCUT2D eigenvalue weighted by Crippen LogP contribution is -2.45. The zero-order valence-corrected chi connectivity index (χ0v) is 22.8. The summed E-state index contributed by atoms with van der Waals surface area (Å²) in [6, 6.07) is 5.04. The first kappa shape index (κ1) is 35.5. The molecule has 0 aliphatic rings. The van der Waals surface area contributed by atoms with E-state index in [4.69, 9.17) is 30.9 Å². The molecule has 0 unspecified atom stereocenters. The average molecular weight is 622 g/mol. The van der Waals surface area contributed by atoms with Gasteiger partial charge in [0.2, 0.25) is 5.91 Å². The maximum atomic E-state index is 14.2. The number of nitrogens with two attached hydrogens (primary N) is 1. The third-order valence-corrected chi connectivity index (χ3v) is 6.21. The number of carboxylic acid groups (broad SMARTS) is 3. The molecule has 0 saturated carbocycles. The number of carbonyl (C=O) groups excluding carboxylic acids is 2. The standard InChI is InChI=1S/C23H26FN3O7S.C2HF3O2/c1-11(2)7-13(21(30)27-16(22(31)32)10-19(28)29)8-14-4-6-18(35-14)23(33)34-17-5-3-12(20(25)26)9-15(17)24;3-2(4,5)1(6)7/h3-6,9,11,13,16H,7-8,10H2,1-2H3,(H3,25,26)(H,27,30)(H,28,29)(H,31,32);(H,6,7)/t13-,16-;/m0./s1. The molecule has 42 heavy (non-hydrogen) atoms. The van der Waals surface area contributed by atoms with Gasteiger partial charge in [0.1, 0.15) is 16.8 Å². The number of hydrogen-bond acceptors (Lipinski definition) is 8. The molecule has 2 rings (SSSR count). The number of aliphatic carboxylic acids is 3. The van der Waals surface area contributed by atoms with Crippen molar-refractivity contribution in [3.63, 3.8) is 0 Å². The number of esters is 1. The summed E-state index contributed by atoms with van der Waals surface area (Å²) in [4.78, 5) is 57.1. The Morgan fingerprint density at radius 3 is 2.12 bits per heavy atom. The van der Waals surface area contributed by atoms with Gasteiger partial charge in [0.25, 0.3) is 0 Å². The fourth-order valence-corrected chi connectivity index (χ4v) is 4.22. The van der Waals surface area contributed by atoms with E-state index in [-0.39, 0.29) is 34.4 Å². The quantitative estimate of drug-likeness (QED) is 0.0668. The van der Waals surface area contributed by atoms with Crippen LogP contribution in [0.4, 0.5) is 17.6 Å². The van der Waals surface area contributed by atoms with Crippen LogP contribution in [0.1, 0.15) is 46.8 Å². The molecule has 0 spiro atoms. The molecule has 0 aliphatic carbocycles. The molecule has 1 aromatic carbocycles. The summed E-state index contributed by atoms with van der Waals surface area (Å²) >= 11 is 1.04. The molecular weight excluding hydrogens is 594 g/mol. The third kappa shape index (κ3) is 11.9. The zero-order valence-electron chi connectivity index (χ0n) is 22.0. The number of alkyl halides is 3. The van der Waals surface area contributed by atoms with E-state index >= 15 is 0 Å². The number of hydrogen-bond donors (Lipinski definition) is 6. The molecule has 1 amide bonds. The Morgan fingerprint density at radius 2 is 1.67 bits per heavy atom. The number of amidine groups is 1. The Balaban J connectivity index is 0.00000112. The molecule has 12 nitrogen and oxygen atoms in total. The van der Waals surface area contributed by atoms with Crippen LogP contribution in [0.5, 0.6) is 5.75 Å². The molecular formula is C25H27F4N3O9S. The van der Waals surface area contributed by atoms with Crippen LogP contribution in [-0.2, 0) is 25.6 Å². The Hall–Kier alpha value is -4.54. The maximum Gasteiger partial charge on any atom is 0.490 e. The molecule has 17 heteroatoms. The van der Waals surface area contributed by atoms with Gasteiger partial charge in [-0.3, -0.25) is 15.0 Å². The van der Waals surface area contributed by atoms with E-state index in [0.717, 1.165) is 17.4 Å². The Kier molecular flexibility index (Phi) is 13.1. The van der Waals surface area contributed by atoms with Crippen molar-refractivity contribution in [1.82, 2.24) is 5.32 Å². The van der Waals surface area contributed by atoms with E-state index in [1.54, 1.807) is 6.07 Å². The van der Waals surface area contributed by atoms with Crippen molar-refractivity contribution in [3.8, 4) is 5.75 Å². The molecule has 0 saturated heterocycles. The third-order valence-electron chi connectivity index (χ3n) is 5.12.